The van der Waals surface area contributed by atoms with Gasteiger partial charge in [-0.25, -0.2) is 4.99 Å². The van der Waals surface area contributed by atoms with E-state index in [0.717, 1.165) is 43.7 Å². The molecule has 0 bridgehead atoms. The summed E-state index contributed by atoms with van der Waals surface area (Å²) in [6, 6.07) is 0. The molecular formula is C19H35N7. The largest absolute Gasteiger partial charge is 0.357 e. The van der Waals surface area contributed by atoms with E-state index in [1.54, 1.807) is 0 Å². The maximum Gasteiger partial charge on any atom is 0.191 e. The lowest BCUT2D eigenvalue weighted by Crippen LogP contribution is -2.54. The highest BCUT2D eigenvalue weighted by atomic mass is 15.3. The minimum Gasteiger partial charge on any atom is -0.357 e. The summed E-state index contributed by atoms with van der Waals surface area (Å²) in [7, 11) is 0. The van der Waals surface area contributed by atoms with Gasteiger partial charge in [0.15, 0.2) is 11.8 Å². The van der Waals surface area contributed by atoms with Gasteiger partial charge in [0.1, 0.15) is 12.4 Å². The second-order valence-corrected chi connectivity index (χ2v) is 8.05. The lowest BCUT2D eigenvalue weighted by atomic mass is 9.98. The van der Waals surface area contributed by atoms with E-state index in [-0.39, 0.29) is 5.54 Å². The molecule has 0 unspecified atom stereocenters. The van der Waals surface area contributed by atoms with Crippen LogP contribution in [0.1, 0.15) is 64.5 Å². The standard InChI is InChI=1S/C19H35N7/c1-4-20-18(22-15-19(2,3)25-11-7-5-8-12-25)21-14-17-24-23-16-10-6-9-13-26(16)17/h4-15H2,1-3H3,(H2,20,21,22). The lowest BCUT2D eigenvalue weighted by Gasteiger charge is -2.41. The Morgan fingerprint density at radius 2 is 1.81 bits per heavy atom. The maximum atomic E-state index is 4.76. The quantitative estimate of drug-likeness (QED) is 0.598. The van der Waals surface area contributed by atoms with E-state index in [2.05, 4.69) is 51.1 Å². The van der Waals surface area contributed by atoms with Gasteiger partial charge in [-0.1, -0.05) is 6.42 Å². The van der Waals surface area contributed by atoms with Crippen LogP contribution in [0.4, 0.5) is 0 Å². The first-order valence-corrected chi connectivity index (χ1v) is 10.3. The minimum atomic E-state index is 0.130. The molecule has 0 amide bonds. The van der Waals surface area contributed by atoms with Crippen molar-refractivity contribution in [1.82, 2.24) is 30.3 Å². The number of aromatic nitrogens is 3. The second kappa shape index (κ2) is 8.84. The Labute approximate surface area is 157 Å². The molecule has 0 spiro atoms. The summed E-state index contributed by atoms with van der Waals surface area (Å²) in [5.74, 6) is 2.96. The van der Waals surface area contributed by atoms with E-state index < -0.39 is 0 Å². The molecule has 3 rings (SSSR count). The van der Waals surface area contributed by atoms with Crippen LogP contribution in [0.3, 0.4) is 0 Å². The van der Waals surface area contributed by atoms with Gasteiger partial charge in [0.25, 0.3) is 0 Å². The summed E-state index contributed by atoms with van der Waals surface area (Å²) in [5, 5.41) is 15.6. The van der Waals surface area contributed by atoms with Crippen LogP contribution >= 0.6 is 0 Å². The number of guanidine groups is 1. The topological polar surface area (TPSA) is 70.4 Å². The number of aliphatic imine (C=N–C) groups is 1. The van der Waals surface area contributed by atoms with Gasteiger partial charge in [-0.2, -0.15) is 0 Å². The first kappa shape index (κ1) is 19.1. The number of hydrogen-bond donors (Lipinski definition) is 2. The van der Waals surface area contributed by atoms with E-state index in [1.165, 1.54) is 45.2 Å². The van der Waals surface area contributed by atoms with Crippen molar-refractivity contribution in [2.75, 3.05) is 26.2 Å². The van der Waals surface area contributed by atoms with Gasteiger partial charge in [0, 0.05) is 31.6 Å². The molecule has 146 valence electrons. The molecule has 7 nitrogen and oxygen atoms in total. The molecule has 1 aromatic heterocycles. The highest BCUT2D eigenvalue weighted by molar-refractivity contribution is 5.79. The summed E-state index contributed by atoms with van der Waals surface area (Å²) in [4.78, 5) is 7.36. The van der Waals surface area contributed by atoms with Crippen molar-refractivity contribution in [2.45, 2.75) is 77.9 Å². The number of rotatable bonds is 6. The Balaban J connectivity index is 1.59. The Kier molecular flexibility index (Phi) is 6.51. The molecule has 26 heavy (non-hydrogen) atoms. The molecule has 1 saturated heterocycles. The van der Waals surface area contributed by atoms with E-state index in [4.69, 9.17) is 4.99 Å². The Morgan fingerprint density at radius 3 is 2.58 bits per heavy atom. The Bertz CT molecular complexity index is 599. The number of aryl methyl sites for hydroxylation is 1. The van der Waals surface area contributed by atoms with Crippen LogP contribution in [0.25, 0.3) is 0 Å². The zero-order valence-corrected chi connectivity index (χ0v) is 16.7. The maximum absolute atomic E-state index is 4.76. The van der Waals surface area contributed by atoms with E-state index in [0.29, 0.717) is 6.54 Å². The van der Waals surface area contributed by atoms with Crippen LogP contribution in [-0.4, -0.2) is 57.3 Å². The highest BCUT2D eigenvalue weighted by Crippen LogP contribution is 2.20. The minimum absolute atomic E-state index is 0.130. The molecule has 0 atom stereocenters. The van der Waals surface area contributed by atoms with Gasteiger partial charge < -0.3 is 15.2 Å². The SMILES string of the molecule is CCNC(=NCc1nnc2n1CCCC2)NCC(C)(C)N1CCCCC1. The average molecular weight is 362 g/mol. The van der Waals surface area contributed by atoms with Crippen molar-refractivity contribution >= 4 is 5.96 Å². The third-order valence-corrected chi connectivity index (χ3v) is 5.56. The van der Waals surface area contributed by atoms with Crippen molar-refractivity contribution in [2.24, 2.45) is 4.99 Å². The Hall–Kier alpha value is -1.63. The smallest absolute Gasteiger partial charge is 0.191 e. The zero-order chi connectivity index (χ0) is 18.4. The Morgan fingerprint density at radius 1 is 1.04 bits per heavy atom. The van der Waals surface area contributed by atoms with Crippen molar-refractivity contribution < 1.29 is 0 Å². The number of hydrogen-bond acceptors (Lipinski definition) is 4. The zero-order valence-electron chi connectivity index (χ0n) is 16.7. The molecule has 7 heteroatoms. The van der Waals surface area contributed by atoms with Crippen LogP contribution in [0.2, 0.25) is 0 Å². The molecule has 2 N–H and O–H groups in total. The fourth-order valence-corrected chi connectivity index (χ4v) is 3.89. The van der Waals surface area contributed by atoms with E-state index >= 15 is 0 Å². The number of likely N-dealkylation sites (tertiary alicyclic amines) is 1. The molecule has 0 aromatic carbocycles. The number of nitrogens with zero attached hydrogens (tertiary/aromatic N) is 5. The molecule has 1 aromatic rings. The fourth-order valence-electron chi connectivity index (χ4n) is 3.89. The summed E-state index contributed by atoms with van der Waals surface area (Å²) in [6.07, 6.45) is 7.47. The number of piperidine rings is 1. The molecule has 2 aliphatic heterocycles. The second-order valence-electron chi connectivity index (χ2n) is 8.05. The third kappa shape index (κ3) is 4.75. The normalized spacial score (nSPS) is 19.3. The van der Waals surface area contributed by atoms with Crippen molar-refractivity contribution in [1.29, 1.82) is 0 Å². The van der Waals surface area contributed by atoms with Crippen molar-refractivity contribution in [3.8, 4) is 0 Å². The third-order valence-electron chi connectivity index (χ3n) is 5.56. The van der Waals surface area contributed by atoms with Crippen LogP contribution < -0.4 is 10.6 Å². The number of nitrogens with one attached hydrogen (secondary N) is 2. The van der Waals surface area contributed by atoms with Gasteiger partial charge >= 0.3 is 0 Å². The summed E-state index contributed by atoms with van der Waals surface area (Å²) in [5.41, 5.74) is 0.130. The van der Waals surface area contributed by atoms with Crippen molar-refractivity contribution in [3.05, 3.63) is 11.6 Å². The van der Waals surface area contributed by atoms with Crippen molar-refractivity contribution in [3.63, 3.8) is 0 Å². The van der Waals surface area contributed by atoms with Crippen LogP contribution in [0, 0.1) is 0 Å². The van der Waals surface area contributed by atoms with Crippen LogP contribution in [0.15, 0.2) is 4.99 Å². The first-order chi connectivity index (χ1) is 12.6. The van der Waals surface area contributed by atoms with Crippen LogP contribution in [-0.2, 0) is 19.5 Å². The molecule has 2 aliphatic rings. The predicted octanol–water partition coefficient (Wildman–Crippen LogP) is 1.93. The van der Waals surface area contributed by atoms with Gasteiger partial charge in [0.2, 0.25) is 0 Å². The van der Waals surface area contributed by atoms with Gasteiger partial charge in [-0.3, -0.25) is 4.90 Å². The molecule has 0 radical (unpaired) electrons. The summed E-state index contributed by atoms with van der Waals surface area (Å²) < 4.78 is 2.24. The van der Waals surface area contributed by atoms with Gasteiger partial charge in [0.05, 0.1) is 0 Å². The molecule has 0 saturated carbocycles. The van der Waals surface area contributed by atoms with E-state index in [9.17, 15) is 0 Å². The molecule has 3 heterocycles. The predicted molar refractivity (Wildman–Crippen MR) is 105 cm³/mol. The van der Waals surface area contributed by atoms with Gasteiger partial charge in [-0.15, -0.1) is 10.2 Å². The summed E-state index contributed by atoms with van der Waals surface area (Å²) in [6.45, 7) is 12.5. The fraction of sp³-hybridized carbons (Fsp3) is 0.842. The monoisotopic (exact) mass is 361 g/mol. The molecule has 0 aliphatic carbocycles. The highest BCUT2D eigenvalue weighted by Gasteiger charge is 2.28. The molecular weight excluding hydrogens is 326 g/mol. The van der Waals surface area contributed by atoms with Gasteiger partial charge in [-0.05, 0) is 59.5 Å². The van der Waals surface area contributed by atoms with E-state index in [1.807, 2.05) is 0 Å². The average Bonchev–Trinajstić information content (AvgIpc) is 3.08. The van der Waals surface area contributed by atoms with Crippen LogP contribution in [0.5, 0.6) is 0 Å². The molecule has 1 fully saturated rings. The lowest BCUT2D eigenvalue weighted by molar-refractivity contribution is 0.0982. The summed E-state index contributed by atoms with van der Waals surface area (Å²) >= 11 is 0. The number of fused-ring (bicyclic) bond motifs is 1. The first-order valence-electron chi connectivity index (χ1n) is 10.3.